The average Bonchev–Trinajstić information content (AvgIpc) is 2.69. The van der Waals surface area contributed by atoms with Crippen molar-refractivity contribution in [1.29, 1.82) is 0 Å². The molecule has 0 radical (unpaired) electrons. The molecule has 1 unspecified atom stereocenters. The fourth-order valence-corrected chi connectivity index (χ4v) is 2.94. The number of ether oxygens (including phenoxy) is 2. The summed E-state index contributed by atoms with van der Waals surface area (Å²) in [5.41, 5.74) is 1.17. The second-order valence-corrected chi connectivity index (χ2v) is 6.75. The van der Waals surface area contributed by atoms with E-state index in [1.54, 1.807) is 17.0 Å². The summed E-state index contributed by atoms with van der Waals surface area (Å²) in [6, 6.07) is 16.8. The molecule has 1 amide bonds. The van der Waals surface area contributed by atoms with Gasteiger partial charge in [0.25, 0.3) is 0 Å². The van der Waals surface area contributed by atoms with E-state index in [0.29, 0.717) is 38.5 Å². The molecule has 6 nitrogen and oxygen atoms in total. The summed E-state index contributed by atoms with van der Waals surface area (Å²) in [5, 5.41) is 10.2. The molecule has 1 atom stereocenters. The number of benzene rings is 2. The molecule has 1 aliphatic rings. The second-order valence-electron chi connectivity index (χ2n) is 6.75. The van der Waals surface area contributed by atoms with Crippen molar-refractivity contribution in [2.75, 3.05) is 39.3 Å². The molecular weight excluding hydrogens is 344 g/mol. The number of para-hydroxylation sites is 1. The Morgan fingerprint density at radius 3 is 2.33 bits per heavy atom. The van der Waals surface area contributed by atoms with E-state index < -0.39 is 6.10 Å². The van der Waals surface area contributed by atoms with Crippen LogP contribution >= 0.6 is 0 Å². The highest BCUT2D eigenvalue weighted by Crippen LogP contribution is 2.13. The zero-order chi connectivity index (χ0) is 19.1. The number of carbonyl (C=O) groups excluding carboxylic acids is 1. The zero-order valence-electron chi connectivity index (χ0n) is 15.6. The molecule has 3 rings (SSSR count). The number of aliphatic hydroxyl groups excluding tert-OH is 1. The van der Waals surface area contributed by atoms with Crippen molar-refractivity contribution < 1.29 is 19.4 Å². The minimum Gasteiger partial charge on any atom is -0.491 e. The maximum atomic E-state index is 12.2. The Balaban J connectivity index is 1.37. The Kier molecular flexibility index (Phi) is 6.68. The first-order chi connectivity index (χ1) is 13.1. The van der Waals surface area contributed by atoms with E-state index in [-0.39, 0.29) is 12.7 Å². The van der Waals surface area contributed by atoms with Crippen LogP contribution in [0.1, 0.15) is 5.56 Å². The van der Waals surface area contributed by atoms with E-state index in [1.807, 2.05) is 49.4 Å². The van der Waals surface area contributed by atoms with Gasteiger partial charge in [-0.15, -0.1) is 0 Å². The van der Waals surface area contributed by atoms with Gasteiger partial charge in [0, 0.05) is 32.7 Å². The average molecular weight is 370 g/mol. The molecule has 144 valence electrons. The summed E-state index contributed by atoms with van der Waals surface area (Å²) in [4.78, 5) is 16.0. The monoisotopic (exact) mass is 370 g/mol. The first-order valence-corrected chi connectivity index (χ1v) is 9.22. The van der Waals surface area contributed by atoms with E-state index in [9.17, 15) is 9.90 Å². The van der Waals surface area contributed by atoms with Crippen LogP contribution in [0.15, 0.2) is 54.6 Å². The smallest absolute Gasteiger partial charge is 0.415 e. The Labute approximate surface area is 159 Å². The minimum absolute atomic E-state index is 0.249. The van der Waals surface area contributed by atoms with Crippen LogP contribution in [0.3, 0.4) is 0 Å². The van der Waals surface area contributed by atoms with E-state index in [4.69, 9.17) is 9.47 Å². The highest BCUT2D eigenvalue weighted by atomic mass is 16.6. The number of nitrogens with zero attached hydrogens (tertiary/aromatic N) is 2. The van der Waals surface area contributed by atoms with Gasteiger partial charge in [-0.05, 0) is 31.2 Å². The number of amides is 1. The molecule has 0 aromatic heterocycles. The molecule has 0 aliphatic carbocycles. The lowest BCUT2D eigenvalue weighted by Crippen LogP contribution is -2.51. The van der Waals surface area contributed by atoms with Crippen molar-refractivity contribution in [3.63, 3.8) is 0 Å². The Bertz CT molecular complexity index is 713. The van der Waals surface area contributed by atoms with Gasteiger partial charge in [0.1, 0.15) is 24.2 Å². The summed E-state index contributed by atoms with van der Waals surface area (Å²) in [7, 11) is 0. The number of hydrogen-bond acceptors (Lipinski definition) is 5. The van der Waals surface area contributed by atoms with Crippen molar-refractivity contribution in [2.45, 2.75) is 13.0 Å². The van der Waals surface area contributed by atoms with Gasteiger partial charge in [0.05, 0.1) is 0 Å². The molecule has 1 fully saturated rings. The second kappa shape index (κ2) is 9.39. The van der Waals surface area contributed by atoms with Crippen LogP contribution in [0.4, 0.5) is 4.79 Å². The van der Waals surface area contributed by atoms with Gasteiger partial charge in [0.2, 0.25) is 0 Å². The molecule has 2 aromatic carbocycles. The molecule has 1 aliphatic heterocycles. The highest BCUT2D eigenvalue weighted by molar-refractivity contribution is 5.70. The largest absolute Gasteiger partial charge is 0.491 e. The van der Waals surface area contributed by atoms with Gasteiger partial charge in [-0.2, -0.15) is 0 Å². The number of piperazine rings is 1. The predicted octanol–water partition coefficient (Wildman–Crippen LogP) is 2.55. The van der Waals surface area contributed by atoms with E-state index in [0.717, 1.165) is 5.75 Å². The molecule has 27 heavy (non-hydrogen) atoms. The lowest BCUT2D eigenvalue weighted by Gasteiger charge is -2.34. The third-order valence-electron chi connectivity index (χ3n) is 4.51. The number of carbonyl (C=O) groups is 1. The molecule has 0 saturated carbocycles. The predicted molar refractivity (Wildman–Crippen MR) is 103 cm³/mol. The van der Waals surface area contributed by atoms with Gasteiger partial charge in [-0.1, -0.05) is 35.9 Å². The highest BCUT2D eigenvalue weighted by Gasteiger charge is 2.24. The lowest BCUT2D eigenvalue weighted by atomic mass is 10.2. The molecule has 0 bridgehead atoms. The molecular formula is C21H26N2O4. The number of rotatable bonds is 6. The molecule has 1 heterocycles. The van der Waals surface area contributed by atoms with E-state index >= 15 is 0 Å². The number of aryl methyl sites for hydroxylation is 1. The van der Waals surface area contributed by atoms with Crippen LogP contribution in [0.25, 0.3) is 0 Å². The first-order valence-electron chi connectivity index (χ1n) is 9.22. The third-order valence-corrected chi connectivity index (χ3v) is 4.51. The molecule has 1 N–H and O–H groups in total. The number of aliphatic hydroxyl groups is 1. The standard InChI is InChI=1S/C21H26N2O4/c1-17-7-9-19(10-8-17)26-16-18(24)15-22-11-13-23(14-12-22)21(25)27-20-5-3-2-4-6-20/h2-10,18,24H,11-16H2,1H3. The normalized spacial score (nSPS) is 16.0. The quantitative estimate of drug-likeness (QED) is 0.847. The molecule has 2 aromatic rings. The van der Waals surface area contributed by atoms with Crippen molar-refractivity contribution in [1.82, 2.24) is 9.80 Å². The van der Waals surface area contributed by atoms with Gasteiger partial charge in [-0.3, -0.25) is 4.90 Å². The van der Waals surface area contributed by atoms with Crippen LogP contribution in [-0.4, -0.2) is 66.4 Å². The van der Waals surface area contributed by atoms with Gasteiger partial charge in [-0.25, -0.2) is 4.79 Å². The van der Waals surface area contributed by atoms with E-state index in [2.05, 4.69) is 4.90 Å². The van der Waals surface area contributed by atoms with Crippen LogP contribution in [0.2, 0.25) is 0 Å². The number of β-amino-alcohol motifs (C(OH)–C–C–N with tert-alkyl or cyclic N) is 1. The van der Waals surface area contributed by atoms with Crippen LogP contribution in [0, 0.1) is 6.92 Å². The fraction of sp³-hybridized carbons (Fsp3) is 0.381. The lowest BCUT2D eigenvalue weighted by molar-refractivity contribution is 0.0474. The van der Waals surface area contributed by atoms with Gasteiger partial charge >= 0.3 is 6.09 Å². The summed E-state index contributed by atoms with van der Waals surface area (Å²) in [6.07, 6.45) is -0.904. The van der Waals surface area contributed by atoms with Crippen LogP contribution < -0.4 is 9.47 Å². The summed E-state index contributed by atoms with van der Waals surface area (Å²) in [6.45, 7) is 5.35. The fourth-order valence-electron chi connectivity index (χ4n) is 2.94. The third kappa shape index (κ3) is 5.98. The minimum atomic E-state index is -0.575. The summed E-state index contributed by atoms with van der Waals surface area (Å²) >= 11 is 0. The summed E-state index contributed by atoms with van der Waals surface area (Å²) in [5.74, 6) is 1.31. The first kappa shape index (κ1) is 19.2. The Hall–Kier alpha value is -2.57. The maximum absolute atomic E-state index is 12.2. The topological polar surface area (TPSA) is 62.2 Å². The molecule has 6 heteroatoms. The van der Waals surface area contributed by atoms with E-state index in [1.165, 1.54) is 5.56 Å². The number of hydrogen-bond donors (Lipinski definition) is 1. The van der Waals surface area contributed by atoms with Crippen LogP contribution in [-0.2, 0) is 0 Å². The Morgan fingerprint density at radius 1 is 1.00 bits per heavy atom. The van der Waals surface area contributed by atoms with Gasteiger partial charge < -0.3 is 19.5 Å². The molecule has 0 spiro atoms. The van der Waals surface area contributed by atoms with Gasteiger partial charge in [0.15, 0.2) is 0 Å². The zero-order valence-corrected chi connectivity index (χ0v) is 15.6. The van der Waals surface area contributed by atoms with Crippen molar-refractivity contribution >= 4 is 6.09 Å². The summed E-state index contributed by atoms with van der Waals surface area (Å²) < 4.78 is 11.0. The van der Waals surface area contributed by atoms with Crippen molar-refractivity contribution in [3.8, 4) is 11.5 Å². The Morgan fingerprint density at radius 2 is 1.67 bits per heavy atom. The van der Waals surface area contributed by atoms with Crippen LogP contribution in [0.5, 0.6) is 11.5 Å². The SMILES string of the molecule is Cc1ccc(OCC(O)CN2CCN(C(=O)Oc3ccccc3)CC2)cc1. The van der Waals surface area contributed by atoms with Crippen molar-refractivity contribution in [3.05, 3.63) is 60.2 Å². The maximum Gasteiger partial charge on any atom is 0.415 e. The van der Waals surface area contributed by atoms with Crippen molar-refractivity contribution in [2.24, 2.45) is 0 Å². The molecule has 1 saturated heterocycles.